The van der Waals surface area contributed by atoms with Crippen molar-refractivity contribution in [2.24, 2.45) is 0 Å². The lowest BCUT2D eigenvalue weighted by Gasteiger charge is -2.32. The molecule has 1 aliphatic rings. The number of carbonyl (C=O) groups excluding carboxylic acids is 1. The molecule has 6 heteroatoms. The number of carbonyl (C=O) groups is 1. The van der Waals surface area contributed by atoms with Gasteiger partial charge in [-0.2, -0.15) is 0 Å². The van der Waals surface area contributed by atoms with Crippen LogP contribution < -0.4 is 10.4 Å². The molecule has 3 aromatic rings. The molecule has 0 unspecified atom stereocenters. The van der Waals surface area contributed by atoms with E-state index in [-0.39, 0.29) is 17.6 Å². The standard InChI is InChI=1S/C21H23N3O3/c1-27-19-9-5-2-6-15(19)14-20(25)23-12-10-16(11-13-23)24-18-8-4-3-7-17(18)22-21(24)26/h2-9,16H,10-14H2,1H3,(H,22,26). The van der Waals surface area contributed by atoms with Crippen molar-refractivity contribution < 1.29 is 9.53 Å². The van der Waals surface area contributed by atoms with Crippen molar-refractivity contribution in [2.75, 3.05) is 20.2 Å². The van der Waals surface area contributed by atoms with Crippen molar-refractivity contribution in [1.29, 1.82) is 0 Å². The topological polar surface area (TPSA) is 67.3 Å². The second kappa shape index (κ2) is 7.31. The minimum absolute atomic E-state index is 0.0741. The molecule has 0 spiro atoms. The Morgan fingerprint density at radius 1 is 1.11 bits per heavy atom. The molecule has 1 aromatic heterocycles. The van der Waals surface area contributed by atoms with E-state index in [1.807, 2.05) is 58.0 Å². The maximum Gasteiger partial charge on any atom is 0.326 e. The van der Waals surface area contributed by atoms with Gasteiger partial charge in [0.15, 0.2) is 0 Å². The highest BCUT2D eigenvalue weighted by Gasteiger charge is 2.26. The van der Waals surface area contributed by atoms with Gasteiger partial charge in [0, 0.05) is 24.7 Å². The number of likely N-dealkylation sites (tertiary alicyclic amines) is 1. The molecule has 0 radical (unpaired) electrons. The Balaban J connectivity index is 1.45. The monoisotopic (exact) mass is 365 g/mol. The maximum atomic E-state index is 12.7. The molecule has 0 bridgehead atoms. The number of fused-ring (bicyclic) bond motifs is 1. The minimum atomic E-state index is -0.0741. The quantitative estimate of drug-likeness (QED) is 0.773. The number of aromatic nitrogens is 2. The van der Waals surface area contributed by atoms with E-state index in [1.165, 1.54) is 0 Å². The number of H-pyrrole nitrogens is 1. The van der Waals surface area contributed by atoms with Gasteiger partial charge >= 0.3 is 5.69 Å². The van der Waals surface area contributed by atoms with E-state index in [4.69, 9.17) is 4.74 Å². The van der Waals surface area contributed by atoms with Crippen molar-refractivity contribution in [1.82, 2.24) is 14.5 Å². The van der Waals surface area contributed by atoms with Gasteiger partial charge in [-0.1, -0.05) is 30.3 Å². The highest BCUT2D eigenvalue weighted by Crippen LogP contribution is 2.26. The predicted molar refractivity (Wildman–Crippen MR) is 104 cm³/mol. The van der Waals surface area contributed by atoms with Crippen LogP contribution >= 0.6 is 0 Å². The number of amides is 1. The van der Waals surface area contributed by atoms with Crippen LogP contribution in [0.5, 0.6) is 5.75 Å². The van der Waals surface area contributed by atoms with Gasteiger partial charge < -0.3 is 14.6 Å². The van der Waals surface area contributed by atoms with Gasteiger partial charge in [0.05, 0.1) is 24.6 Å². The van der Waals surface area contributed by atoms with Gasteiger partial charge in [0.25, 0.3) is 0 Å². The molecule has 6 nitrogen and oxygen atoms in total. The zero-order chi connectivity index (χ0) is 18.8. The lowest BCUT2D eigenvalue weighted by atomic mass is 10.0. The molecular formula is C21H23N3O3. The van der Waals surface area contributed by atoms with E-state index in [0.717, 1.165) is 35.2 Å². The van der Waals surface area contributed by atoms with Crippen molar-refractivity contribution in [3.05, 3.63) is 64.6 Å². The average molecular weight is 365 g/mol. The van der Waals surface area contributed by atoms with Crippen LogP contribution in [0.1, 0.15) is 24.4 Å². The molecule has 1 aliphatic heterocycles. The number of hydrogen-bond acceptors (Lipinski definition) is 3. The van der Waals surface area contributed by atoms with Gasteiger partial charge in [0.1, 0.15) is 5.75 Å². The summed E-state index contributed by atoms with van der Waals surface area (Å²) >= 11 is 0. The zero-order valence-corrected chi connectivity index (χ0v) is 15.4. The number of benzene rings is 2. The second-order valence-electron chi connectivity index (χ2n) is 6.92. The molecule has 140 valence electrons. The molecule has 1 saturated heterocycles. The Kier molecular flexibility index (Phi) is 4.71. The Bertz CT molecular complexity index is 1010. The van der Waals surface area contributed by atoms with Gasteiger partial charge in [-0.25, -0.2) is 4.79 Å². The fraction of sp³-hybridized carbons (Fsp3) is 0.333. The summed E-state index contributed by atoms with van der Waals surface area (Å²) in [5.41, 5.74) is 2.62. The molecule has 1 fully saturated rings. The zero-order valence-electron chi connectivity index (χ0n) is 15.4. The number of ether oxygens (including phenoxy) is 1. The number of para-hydroxylation sites is 3. The van der Waals surface area contributed by atoms with Crippen molar-refractivity contribution >= 4 is 16.9 Å². The first kappa shape index (κ1) is 17.4. The molecular weight excluding hydrogens is 342 g/mol. The van der Waals surface area contributed by atoms with Crippen LogP contribution in [0, 0.1) is 0 Å². The van der Waals surface area contributed by atoms with E-state index < -0.39 is 0 Å². The summed E-state index contributed by atoms with van der Waals surface area (Å²) in [6, 6.07) is 15.5. The van der Waals surface area contributed by atoms with Crippen molar-refractivity contribution in [2.45, 2.75) is 25.3 Å². The Morgan fingerprint density at radius 2 is 1.81 bits per heavy atom. The maximum absolute atomic E-state index is 12.7. The van der Waals surface area contributed by atoms with Crippen LogP contribution in [0.3, 0.4) is 0 Å². The number of methoxy groups -OCH3 is 1. The van der Waals surface area contributed by atoms with Crippen molar-refractivity contribution in [3.8, 4) is 5.75 Å². The Labute approximate surface area is 157 Å². The minimum Gasteiger partial charge on any atom is -0.496 e. The summed E-state index contributed by atoms with van der Waals surface area (Å²) in [5, 5.41) is 0. The lowest BCUT2D eigenvalue weighted by molar-refractivity contribution is -0.131. The summed E-state index contributed by atoms with van der Waals surface area (Å²) in [6.07, 6.45) is 1.89. The Morgan fingerprint density at radius 3 is 2.59 bits per heavy atom. The van der Waals surface area contributed by atoms with E-state index >= 15 is 0 Å². The fourth-order valence-corrected chi connectivity index (χ4v) is 3.93. The molecule has 27 heavy (non-hydrogen) atoms. The lowest BCUT2D eigenvalue weighted by Crippen LogP contribution is -2.41. The molecule has 0 saturated carbocycles. The van der Waals surface area contributed by atoms with Gasteiger partial charge in [-0.05, 0) is 31.0 Å². The number of hydrogen-bond donors (Lipinski definition) is 1. The average Bonchev–Trinajstić information content (AvgIpc) is 3.04. The number of rotatable bonds is 4. The number of nitrogens with zero attached hydrogens (tertiary/aromatic N) is 2. The van der Waals surface area contributed by atoms with Crippen LogP contribution in [-0.4, -0.2) is 40.6 Å². The van der Waals surface area contributed by atoms with Crippen LogP contribution in [-0.2, 0) is 11.2 Å². The SMILES string of the molecule is COc1ccccc1CC(=O)N1CCC(n2c(=O)[nH]c3ccccc32)CC1. The number of piperidine rings is 1. The van der Waals surface area contributed by atoms with E-state index in [2.05, 4.69) is 4.98 Å². The van der Waals surface area contributed by atoms with Gasteiger partial charge in [-0.3, -0.25) is 9.36 Å². The van der Waals surface area contributed by atoms with Gasteiger partial charge in [-0.15, -0.1) is 0 Å². The molecule has 1 N–H and O–H groups in total. The number of nitrogens with one attached hydrogen (secondary N) is 1. The summed E-state index contributed by atoms with van der Waals surface area (Å²) in [7, 11) is 1.62. The van der Waals surface area contributed by atoms with E-state index in [9.17, 15) is 9.59 Å². The third kappa shape index (κ3) is 3.35. The van der Waals surface area contributed by atoms with Crippen LogP contribution in [0.4, 0.5) is 0 Å². The number of aromatic amines is 1. The highest BCUT2D eigenvalue weighted by atomic mass is 16.5. The Hall–Kier alpha value is -3.02. The third-order valence-electron chi connectivity index (χ3n) is 5.34. The smallest absolute Gasteiger partial charge is 0.326 e. The van der Waals surface area contributed by atoms with Gasteiger partial charge in [0.2, 0.25) is 5.91 Å². The summed E-state index contributed by atoms with van der Waals surface area (Å²) < 4.78 is 7.19. The molecule has 2 aromatic carbocycles. The second-order valence-corrected chi connectivity index (χ2v) is 6.92. The first-order valence-corrected chi connectivity index (χ1v) is 9.26. The predicted octanol–water partition coefficient (Wildman–Crippen LogP) is 2.74. The first-order valence-electron chi connectivity index (χ1n) is 9.26. The number of imidazole rings is 1. The molecule has 0 atom stereocenters. The summed E-state index contributed by atoms with van der Waals surface area (Å²) in [4.78, 5) is 29.9. The largest absolute Gasteiger partial charge is 0.496 e. The van der Waals surface area contributed by atoms with Crippen LogP contribution in [0.25, 0.3) is 11.0 Å². The fourth-order valence-electron chi connectivity index (χ4n) is 3.93. The van der Waals surface area contributed by atoms with E-state index in [0.29, 0.717) is 19.5 Å². The molecule has 4 rings (SSSR count). The van der Waals surface area contributed by atoms with Crippen molar-refractivity contribution in [3.63, 3.8) is 0 Å². The highest BCUT2D eigenvalue weighted by molar-refractivity contribution is 5.79. The summed E-state index contributed by atoms with van der Waals surface area (Å²) in [5.74, 6) is 0.843. The first-order chi connectivity index (χ1) is 13.2. The van der Waals surface area contributed by atoms with E-state index in [1.54, 1.807) is 7.11 Å². The van der Waals surface area contributed by atoms with Crippen LogP contribution in [0.15, 0.2) is 53.3 Å². The molecule has 0 aliphatic carbocycles. The summed E-state index contributed by atoms with van der Waals surface area (Å²) in [6.45, 7) is 1.31. The normalized spacial score (nSPS) is 15.2. The third-order valence-corrected chi connectivity index (χ3v) is 5.34. The molecule has 1 amide bonds. The molecule has 2 heterocycles. The van der Waals surface area contributed by atoms with Crippen LogP contribution in [0.2, 0.25) is 0 Å².